The molecule has 0 aliphatic heterocycles. The number of aromatic nitrogens is 4. The zero-order valence-corrected chi connectivity index (χ0v) is 12.4. The molecule has 0 fully saturated rings. The van der Waals surface area contributed by atoms with E-state index in [-0.39, 0.29) is 11.8 Å². The van der Waals surface area contributed by atoms with E-state index < -0.39 is 0 Å². The van der Waals surface area contributed by atoms with Crippen molar-refractivity contribution >= 4 is 0 Å². The van der Waals surface area contributed by atoms with E-state index >= 15 is 0 Å². The van der Waals surface area contributed by atoms with Gasteiger partial charge in [0.25, 0.3) is 0 Å². The van der Waals surface area contributed by atoms with Crippen molar-refractivity contribution in [2.45, 2.75) is 13.3 Å². The van der Waals surface area contributed by atoms with Crippen LogP contribution in [0.2, 0.25) is 0 Å². The number of rotatable bonds is 5. The van der Waals surface area contributed by atoms with Crippen molar-refractivity contribution in [2.24, 2.45) is 0 Å². The summed E-state index contributed by atoms with van der Waals surface area (Å²) in [5.41, 5.74) is 0.725. The van der Waals surface area contributed by atoms with Crippen molar-refractivity contribution in [3.63, 3.8) is 0 Å². The third-order valence-electron chi connectivity index (χ3n) is 3.04. The average molecular weight is 302 g/mol. The van der Waals surface area contributed by atoms with Gasteiger partial charge in [0.2, 0.25) is 5.82 Å². The van der Waals surface area contributed by atoms with E-state index in [1.54, 1.807) is 32.4 Å². The monoisotopic (exact) mass is 302 g/mol. The Kier molecular flexibility index (Phi) is 3.73. The van der Waals surface area contributed by atoms with Gasteiger partial charge in [0.05, 0.1) is 14.2 Å². The van der Waals surface area contributed by atoms with Gasteiger partial charge >= 0.3 is 11.8 Å². The second-order valence-electron chi connectivity index (χ2n) is 4.36. The Morgan fingerprint density at radius 2 is 1.68 bits per heavy atom. The SMILES string of the molecule is CCc1noc(-c2nc(-c3ccc(OC)c(OC)c3)no2)n1. The number of nitrogens with zero attached hydrogens (tertiary/aromatic N) is 4. The second kappa shape index (κ2) is 5.84. The van der Waals surface area contributed by atoms with Crippen molar-refractivity contribution < 1.29 is 18.5 Å². The lowest BCUT2D eigenvalue weighted by atomic mass is 10.2. The zero-order chi connectivity index (χ0) is 15.5. The van der Waals surface area contributed by atoms with Gasteiger partial charge in [0, 0.05) is 12.0 Å². The minimum atomic E-state index is 0.178. The van der Waals surface area contributed by atoms with Gasteiger partial charge in [-0.2, -0.15) is 9.97 Å². The van der Waals surface area contributed by atoms with E-state index in [1.807, 2.05) is 6.92 Å². The van der Waals surface area contributed by atoms with Crippen LogP contribution in [0.25, 0.3) is 23.2 Å². The molecule has 3 rings (SSSR count). The fourth-order valence-corrected chi connectivity index (χ4v) is 1.89. The minimum Gasteiger partial charge on any atom is -0.493 e. The lowest BCUT2D eigenvalue weighted by molar-refractivity contribution is 0.355. The summed E-state index contributed by atoms with van der Waals surface area (Å²) in [6, 6.07) is 5.34. The molecular weight excluding hydrogens is 288 g/mol. The molecule has 0 amide bonds. The zero-order valence-electron chi connectivity index (χ0n) is 12.4. The van der Waals surface area contributed by atoms with Gasteiger partial charge in [-0.3, -0.25) is 0 Å². The smallest absolute Gasteiger partial charge is 0.316 e. The molecule has 2 aromatic heterocycles. The Morgan fingerprint density at radius 3 is 2.36 bits per heavy atom. The van der Waals surface area contributed by atoms with Crippen LogP contribution in [0.5, 0.6) is 11.5 Å². The summed E-state index contributed by atoms with van der Waals surface area (Å²) in [5.74, 6) is 2.57. The lowest BCUT2D eigenvalue weighted by Gasteiger charge is -2.07. The minimum absolute atomic E-state index is 0.178. The fourth-order valence-electron chi connectivity index (χ4n) is 1.89. The summed E-state index contributed by atoms with van der Waals surface area (Å²) in [5, 5.41) is 7.71. The van der Waals surface area contributed by atoms with E-state index in [0.717, 1.165) is 5.56 Å². The van der Waals surface area contributed by atoms with Crippen LogP contribution in [0.4, 0.5) is 0 Å². The Bertz CT molecular complexity index is 781. The van der Waals surface area contributed by atoms with Gasteiger partial charge in [-0.25, -0.2) is 0 Å². The standard InChI is InChI=1S/C14H14N4O4/c1-4-11-15-13(21-17-11)14-16-12(18-22-14)8-5-6-9(19-2)10(7-8)20-3/h5-7H,4H2,1-3H3. The van der Waals surface area contributed by atoms with Gasteiger partial charge < -0.3 is 18.5 Å². The average Bonchev–Trinajstić information content (AvgIpc) is 3.22. The summed E-state index contributed by atoms with van der Waals surface area (Å²) in [6.07, 6.45) is 0.667. The van der Waals surface area contributed by atoms with Crippen LogP contribution in [-0.2, 0) is 6.42 Å². The molecule has 0 spiro atoms. The Balaban J connectivity index is 1.93. The molecule has 8 heteroatoms. The van der Waals surface area contributed by atoms with Crippen molar-refractivity contribution in [1.82, 2.24) is 20.3 Å². The van der Waals surface area contributed by atoms with Gasteiger partial charge in [-0.1, -0.05) is 17.2 Å². The number of aryl methyl sites for hydroxylation is 1. The molecule has 1 aromatic carbocycles. The largest absolute Gasteiger partial charge is 0.493 e. The summed E-state index contributed by atoms with van der Waals surface area (Å²) in [4.78, 5) is 8.41. The first-order valence-corrected chi connectivity index (χ1v) is 6.64. The highest BCUT2D eigenvalue weighted by molar-refractivity contribution is 5.61. The van der Waals surface area contributed by atoms with Gasteiger partial charge in [-0.05, 0) is 18.2 Å². The first kappa shape index (κ1) is 14.1. The van der Waals surface area contributed by atoms with Crippen LogP contribution in [-0.4, -0.2) is 34.5 Å². The second-order valence-corrected chi connectivity index (χ2v) is 4.36. The van der Waals surface area contributed by atoms with Crippen molar-refractivity contribution in [1.29, 1.82) is 0 Å². The molecule has 0 radical (unpaired) electrons. The molecule has 0 aliphatic carbocycles. The summed E-state index contributed by atoms with van der Waals surface area (Å²) in [7, 11) is 3.14. The topological polar surface area (TPSA) is 96.3 Å². The normalized spacial score (nSPS) is 10.7. The highest BCUT2D eigenvalue weighted by atomic mass is 16.5. The fraction of sp³-hybridized carbons (Fsp3) is 0.286. The molecule has 0 aliphatic rings. The number of methoxy groups -OCH3 is 2. The highest BCUT2D eigenvalue weighted by Crippen LogP contribution is 2.31. The van der Waals surface area contributed by atoms with Gasteiger partial charge in [0.15, 0.2) is 17.3 Å². The molecule has 3 aromatic rings. The van der Waals surface area contributed by atoms with Crippen LogP contribution in [0.1, 0.15) is 12.7 Å². The molecule has 0 saturated heterocycles. The first-order valence-electron chi connectivity index (χ1n) is 6.64. The molecule has 114 valence electrons. The molecule has 8 nitrogen and oxygen atoms in total. The van der Waals surface area contributed by atoms with E-state index in [9.17, 15) is 0 Å². The van der Waals surface area contributed by atoms with Crippen LogP contribution in [0.15, 0.2) is 27.2 Å². The number of benzene rings is 1. The van der Waals surface area contributed by atoms with Crippen molar-refractivity contribution in [3.8, 4) is 34.7 Å². The quantitative estimate of drug-likeness (QED) is 0.708. The predicted octanol–water partition coefficient (Wildman–Crippen LogP) is 2.37. The Labute approximate surface area is 126 Å². The lowest BCUT2D eigenvalue weighted by Crippen LogP contribution is -1.91. The molecule has 0 atom stereocenters. The summed E-state index contributed by atoms with van der Waals surface area (Å²) >= 11 is 0. The number of hydrogen-bond donors (Lipinski definition) is 0. The Morgan fingerprint density at radius 1 is 0.955 bits per heavy atom. The first-order chi connectivity index (χ1) is 10.7. The molecule has 0 unspecified atom stereocenters. The van der Waals surface area contributed by atoms with Gasteiger partial charge in [-0.15, -0.1) is 0 Å². The predicted molar refractivity (Wildman–Crippen MR) is 75.5 cm³/mol. The van der Waals surface area contributed by atoms with Crippen LogP contribution in [0, 0.1) is 0 Å². The third-order valence-corrected chi connectivity index (χ3v) is 3.04. The third kappa shape index (κ3) is 2.50. The number of ether oxygens (including phenoxy) is 2. The molecule has 0 bridgehead atoms. The van der Waals surface area contributed by atoms with E-state index in [0.29, 0.717) is 29.6 Å². The maximum atomic E-state index is 5.26. The van der Waals surface area contributed by atoms with E-state index in [1.165, 1.54) is 0 Å². The summed E-state index contributed by atoms with van der Waals surface area (Å²) in [6.45, 7) is 1.93. The molecule has 2 heterocycles. The van der Waals surface area contributed by atoms with E-state index in [2.05, 4.69) is 20.3 Å². The molecular formula is C14H14N4O4. The van der Waals surface area contributed by atoms with Crippen LogP contribution < -0.4 is 9.47 Å². The van der Waals surface area contributed by atoms with E-state index in [4.69, 9.17) is 18.5 Å². The van der Waals surface area contributed by atoms with Crippen LogP contribution >= 0.6 is 0 Å². The maximum absolute atomic E-state index is 5.26. The van der Waals surface area contributed by atoms with Crippen molar-refractivity contribution in [3.05, 3.63) is 24.0 Å². The molecule has 0 N–H and O–H groups in total. The molecule has 0 saturated carbocycles. The number of hydrogen-bond acceptors (Lipinski definition) is 8. The van der Waals surface area contributed by atoms with Crippen LogP contribution in [0.3, 0.4) is 0 Å². The highest BCUT2D eigenvalue weighted by Gasteiger charge is 2.17. The van der Waals surface area contributed by atoms with Crippen molar-refractivity contribution in [2.75, 3.05) is 14.2 Å². The van der Waals surface area contributed by atoms with Gasteiger partial charge in [0.1, 0.15) is 0 Å². The Hall–Kier alpha value is -2.90. The maximum Gasteiger partial charge on any atom is 0.316 e. The molecule has 22 heavy (non-hydrogen) atoms. The summed E-state index contributed by atoms with van der Waals surface area (Å²) < 4.78 is 20.7.